The van der Waals surface area contributed by atoms with E-state index in [0.29, 0.717) is 31.6 Å². The molecule has 0 spiro atoms. The van der Waals surface area contributed by atoms with Crippen molar-refractivity contribution in [3.8, 4) is 0 Å². The van der Waals surface area contributed by atoms with Gasteiger partial charge in [0.15, 0.2) is 12.2 Å². The second-order valence-corrected chi connectivity index (χ2v) is 27.8. The zero-order valence-corrected chi connectivity index (χ0v) is 56.3. The van der Waals surface area contributed by atoms with Crippen molar-refractivity contribution in [1.29, 1.82) is 0 Å². The van der Waals surface area contributed by atoms with Gasteiger partial charge in [-0.15, -0.1) is 0 Å². The van der Waals surface area contributed by atoms with Crippen molar-refractivity contribution in [1.82, 2.24) is 0 Å². The number of hydrogen-bond acceptors (Lipinski definition) is 15. The Morgan fingerprint density at radius 1 is 0.333 bits per heavy atom. The molecular weight excluding hydrogens is 1110 g/mol. The Bertz CT molecular complexity index is 1680. The largest absolute Gasteiger partial charge is 0.472 e. The molecule has 0 aromatic rings. The van der Waals surface area contributed by atoms with Gasteiger partial charge in [-0.3, -0.25) is 37.3 Å². The second kappa shape index (κ2) is 55.2. The minimum Gasteiger partial charge on any atom is -0.462 e. The van der Waals surface area contributed by atoms with Crippen molar-refractivity contribution in [2.24, 2.45) is 23.7 Å². The predicted octanol–water partition coefficient (Wildman–Crippen LogP) is 17.8. The molecular formula is C65H126O17P2. The summed E-state index contributed by atoms with van der Waals surface area (Å²) in [6, 6.07) is 0. The number of hydrogen-bond donors (Lipinski definition) is 3. The number of aliphatic hydroxyl groups is 1. The summed E-state index contributed by atoms with van der Waals surface area (Å²) in [4.78, 5) is 72.2. The van der Waals surface area contributed by atoms with Gasteiger partial charge in [-0.25, -0.2) is 9.13 Å². The Labute approximate surface area is 511 Å². The average molecular weight is 1240 g/mol. The number of phosphoric acid groups is 2. The fraction of sp³-hybridized carbons (Fsp3) is 0.938. The first kappa shape index (κ1) is 82.1. The highest BCUT2D eigenvalue weighted by Gasteiger charge is 2.30. The molecule has 0 heterocycles. The molecule has 7 atom stereocenters. The fourth-order valence-corrected chi connectivity index (χ4v) is 11.1. The Morgan fingerprint density at radius 2 is 0.571 bits per heavy atom. The summed E-state index contributed by atoms with van der Waals surface area (Å²) in [6.07, 6.45) is 35.0. The highest BCUT2D eigenvalue weighted by atomic mass is 31.2. The molecule has 0 fully saturated rings. The molecule has 0 aliphatic heterocycles. The Morgan fingerprint density at radius 3 is 0.845 bits per heavy atom. The zero-order valence-electron chi connectivity index (χ0n) is 54.5. The van der Waals surface area contributed by atoms with Crippen molar-refractivity contribution in [3.63, 3.8) is 0 Å². The van der Waals surface area contributed by atoms with Crippen LogP contribution in [0.2, 0.25) is 0 Å². The van der Waals surface area contributed by atoms with E-state index in [9.17, 15) is 43.2 Å². The number of rotatable bonds is 62. The number of carbonyl (C=O) groups excluding carboxylic acids is 4. The van der Waals surface area contributed by atoms with E-state index in [2.05, 4.69) is 55.4 Å². The molecule has 17 nitrogen and oxygen atoms in total. The van der Waals surface area contributed by atoms with E-state index in [4.69, 9.17) is 37.0 Å². The average Bonchev–Trinajstić information content (AvgIpc) is 3.54. The lowest BCUT2D eigenvalue weighted by molar-refractivity contribution is -0.161. The number of phosphoric ester groups is 2. The van der Waals surface area contributed by atoms with E-state index in [-0.39, 0.29) is 25.7 Å². The first-order valence-electron chi connectivity index (χ1n) is 33.8. The van der Waals surface area contributed by atoms with Crippen LogP contribution >= 0.6 is 15.6 Å². The first-order valence-corrected chi connectivity index (χ1v) is 36.8. The summed E-state index contributed by atoms with van der Waals surface area (Å²) < 4.78 is 68.0. The lowest BCUT2D eigenvalue weighted by atomic mass is 10.00. The van der Waals surface area contributed by atoms with Gasteiger partial charge in [0.2, 0.25) is 0 Å². The summed E-state index contributed by atoms with van der Waals surface area (Å²) in [5.41, 5.74) is 0. The maximum Gasteiger partial charge on any atom is 0.472 e. The molecule has 0 amide bonds. The number of aliphatic hydroxyl groups excluding tert-OH is 1. The first-order chi connectivity index (χ1) is 40.2. The summed E-state index contributed by atoms with van der Waals surface area (Å²) >= 11 is 0. The molecule has 498 valence electrons. The van der Waals surface area contributed by atoms with Crippen LogP contribution < -0.4 is 0 Å². The maximum absolute atomic E-state index is 13.0. The topological polar surface area (TPSA) is 237 Å². The molecule has 0 aromatic heterocycles. The van der Waals surface area contributed by atoms with E-state index in [1.807, 2.05) is 0 Å². The number of carbonyl (C=O) groups is 4. The van der Waals surface area contributed by atoms with Crippen molar-refractivity contribution in [2.45, 2.75) is 331 Å². The van der Waals surface area contributed by atoms with Gasteiger partial charge in [0.05, 0.1) is 26.4 Å². The Balaban J connectivity index is 5.26. The number of esters is 4. The fourth-order valence-electron chi connectivity index (χ4n) is 9.54. The van der Waals surface area contributed by atoms with Crippen molar-refractivity contribution in [2.75, 3.05) is 39.6 Å². The minimum atomic E-state index is -4.95. The predicted molar refractivity (Wildman–Crippen MR) is 335 cm³/mol. The van der Waals surface area contributed by atoms with Gasteiger partial charge in [0.1, 0.15) is 19.3 Å². The normalized spacial score (nSPS) is 15.1. The van der Waals surface area contributed by atoms with Gasteiger partial charge in [0.25, 0.3) is 0 Å². The third-order valence-corrected chi connectivity index (χ3v) is 17.4. The van der Waals surface area contributed by atoms with Crippen LogP contribution in [0, 0.1) is 23.7 Å². The molecule has 0 aliphatic rings. The summed E-state index contributed by atoms with van der Waals surface area (Å²) in [5, 5.41) is 10.5. The third-order valence-electron chi connectivity index (χ3n) is 15.5. The Hall–Kier alpha value is -1.94. The third kappa shape index (κ3) is 56.6. The molecule has 19 heteroatoms. The molecule has 0 bridgehead atoms. The van der Waals surface area contributed by atoms with Crippen molar-refractivity contribution in [3.05, 3.63) is 0 Å². The molecule has 0 saturated carbocycles. The van der Waals surface area contributed by atoms with Gasteiger partial charge in [-0.2, -0.15) is 0 Å². The van der Waals surface area contributed by atoms with Crippen molar-refractivity contribution < 1.29 is 80.2 Å². The summed E-state index contributed by atoms with van der Waals surface area (Å²) in [7, 11) is -9.89. The van der Waals surface area contributed by atoms with Crippen LogP contribution in [-0.4, -0.2) is 96.7 Å². The van der Waals surface area contributed by atoms with Gasteiger partial charge in [-0.1, -0.05) is 261 Å². The molecule has 0 aliphatic carbocycles. The molecule has 3 N–H and O–H groups in total. The van der Waals surface area contributed by atoms with Crippen LogP contribution in [0.1, 0.15) is 312 Å². The van der Waals surface area contributed by atoms with Crippen LogP contribution in [-0.2, 0) is 65.4 Å². The molecule has 84 heavy (non-hydrogen) atoms. The van der Waals surface area contributed by atoms with Crippen LogP contribution in [0.4, 0.5) is 0 Å². The highest BCUT2D eigenvalue weighted by Crippen LogP contribution is 2.45. The zero-order chi connectivity index (χ0) is 62.5. The van der Waals surface area contributed by atoms with Crippen LogP contribution in [0.15, 0.2) is 0 Å². The highest BCUT2D eigenvalue weighted by molar-refractivity contribution is 7.47. The smallest absolute Gasteiger partial charge is 0.462 e. The molecule has 0 radical (unpaired) electrons. The van der Waals surface area contributed by atoms with Gasteiger partial charge < -0.3 is 33.8 Å². The molecule has 0 rings (SSSR count). The number of ether oxygens (including phenoxy) is 4. The SMILES string of the molecule is CCC(C)CCCCCCCCC(=O)OC[C@H](COP(=O)(O)OC[C@@H](O)COP(=O)(O)OC[C@@H](COC(=O)CCCCCCCCC(C)CC)OC(=O)CCCCCCCCCC(C)C)OC(=O)CCCCCCCCCCCCCC(C)C. The van der Waals surface area contributed by atoms with Gasteiger partial charge in [0, 0.05) is 25.7 Å². The van der Waals surface area contributed by atoms with Crippen LogP contribution in [0.3, 0.4) is 0 Å². The van der Waals surface area contributed by atoms with E-state index in [1.165, 1.54) is 103 Å². The Kier molecular flexibility index (Phi) is 53.9. The van der Waals surface area contributed by atoms with E-state index in [0.717, 1.165) is 120 Å². The summed E-state index contributed by atoms with van der Waals surface area (Å²) in [6.45, 7) is 14.0. The molecule has 0 saturated heterocycles. The van der Waals surface area contributed by atoms with Gasteiger partial charge in [-0.05, 0) is 49.4 Å². The van der Waals surface area contributed by atoms with E-state index >= 15 is 0 Å². The van der Waals surface area contributed by atoms with Crippen molar-refractivity contribution >= 4 is 39.5 Å². The van der Waals surface area contributed by atoms with E-state index < -0.39 is 97.5 Å². The maximum atomic E-state index is 13.0. The standard InChI is InChI=1S/C65H126O17P2/c1-9-57(7)43-35-27-21-23-29-37-45-62(67)75-51-60(81-64(69)47-39-31-19-15-13-11-12-14-17-25-33-41-55(3)4)53-79-83(71,72)77-49-59(66)50-78-84(73,74)80-54-61(82-65(70)48-40-32-20-16-18-26-34-42-56(5)6)52-76-63(68)46-38-30-24-22-28-36-44-58(8)10-2/h55-61,66H,9-54H2,1-8H3,(H,71,72)(H,73,74)/t57?,58?,59-,60-,61-/m1/s1. The van der Waals surface area contributed by atoms with Gasteiger partial charge >= 0.3 is 39.5 Å². The molecule has 4 unspecified atom stereocenters. The minimum absolute atomic E-state index is 0.102. The molecule has 0 aromatic carbocycles. The van der Waals surface area contributed by atoms with Crippen LogP contribution in [0.25, 0.3) is 0 Å². The quantitative estimate of drug-likeness (QED) is 0.0222. The van der Waals surface area contributed by atoms with Crippen LogP contribution in [0.5, 0.6) is 0 Å². The van der Waals surface area contributed by atoms with E-state index in [1.54, 1.807) is 0 Å². The monoisotopic (exact) mass is 1240 g/mol. The summed E-state index contributed by atoms with van der Waals surface area (Å²) in [5.74, 6) is 0.782. The second-order valence-electron chi connectivity index (χ2n) is 24.9. The lowest BCUT2D eigenvalue weighted by Gasteiger charge is -2.21. The number of unbranched alkanes of at least 4 members (excludes halogenated alkanes) is 26. The lowest BCUT2D eigenvalue weighted by Crippen LogP contribution is -2.30.